The first-order valence-corrected chi connectivity index (χ1v) is 11.8. The normalized spacial score (nSPS) is 22.2. The second-order valence-corrected chi connectivity index (χ2v) is 9.94. The lowest BCUT2D eigenvalue weighted by molar-refractivity contribution is 0.00652. The number of rotatable bonds is 5. The predicted molar refractivity (Wildman–Crippen MR) is 122 cm³/mol. The summed E-state index contributed by atoms with van der Waals surface area (Å²) in [4.78, 5) is 20.5. The Balaban J connectivity index is 1.19. The number of hydrogen-bond acceptors (Lipinski definition) is 6. The smallest absolute Gasteiger partial charge is 0.410 e. The summed E-state index contributed by atoms with van der Waals surface area (Å²) in [5.41, 5.74) is 0.154. The standard InChI is InChI=1S/C24H34FN5O3/c1-24(2,3)33-23(31)29-12-10-28(11-13-29)19-6-4-18(5-7-19)15-32-22-9-8-20(14-21(22)25)30-17-26-16-27-30/h8-9,14,16-19H,4-7,10-13,15H2,1-3H3. The molecule has 1 aliphatic heterocycles. The fourth-order valence-electron chi connectivity index (χ4n) is 4.57. The molecule has 2 aromatic rings. The van der Waals surface area contributed by atoms with E-state index in [4.69, 9.17) is 9.47 Å². The van der Waals surface area contributed by atoms with Crippen molar-refractivity contribution in [3.8, 4) is 11.4 Å². The zero-order chi connectivity index (χ0) is 23.4. The van der Waals surface area contributed by atoms with E-state index in [1.807, 2.05) is 25.7 Å². The Kier molecular flexibility index (Phi) is 7.17. The average Bonchev–Trinajstić information content (AvgIpc) is 3.33. The highest BCUT2D eigenvalue weighted by atomic mass is 19.1. The molecular weight excluding hydrogens is 425 g/mol. The molecule has 180 valence electrons. The van der Waals surface area contributed by atoms with Crippen molar-refractivity contribution >= 4 is 6.09 Å². The maximum Gasteiger partial charge on any atom is 0.410 e. The molecule has 1 aromatic carbocycles. The number of carbonyl (C=O) groups excluding carboxylic acids is 1. The van der Waals surface area contributed by atoms with Gasteiger partial charge in [0.1, 0.15) is 18.3 Å². The Morgan fingerprint density at radius 1 is 1.12 bits per heavy atom. The number of aromatic nitrogens is 3. The molecule has 0 unspecified atom stereocenters. The van der Waals surface area contributed by atoms with Gasteiger partial charge in [0.2, 0.25) is 0 Å². The topological polar surface area (TPSA) is 72.7 Å². The van der Waals surface area contributed by atoms with Gasteiger partial charge in [0, 0.05) is 38.3 Å². The van der Waals surface area contributed by atoms with E-state index in [0.29, 0.717) is 37.3 Å². The van der Waals surface area contributed by atoms with Crippen molar-refractivity contribution in [2.75, 3.05) is 32.8 Å². The molecule has 4 rings (SSSR count). The van der Waals surface area contributed by atoms with Crippen LogP contribution in [0.15, 0.2) is 30.9 Å². The van der Waals surface area contributed by atoms with Crippen LogP contribution in [0.1, 0.15) is 46.5 Å². The zero-order valence-electron chi connectivity index (χ0n) is 19.7. The summed E-state index contributed by atoms with van der Waals surface area (Å²) in [7, 11) is 0. The highest BCUT2D eigenvalue weighted by Crippen LogP contribution is 2.30. The van der Waals surface area contributed by atoms with Crippen LogP contribution >= 0.6 is 0 Å². The number of benzene rings is 1. The van der Waals surface area contributed by atoms with E-state index in [0.717, 1.165) is 38.8 Å². The minimum absolute atomic E-state index is 0.218. The Bertz CT molecular complexity index is 915. The lowest BCUT2D eigenvalue weighted by atomic mass is 9.85. The summed E-state index contributed by atoms with van der Waals surface area (Å²) in [6.45, 7) is 9.40. The van der Waals surface area contributed by atoms with Crippen LogP contribution in [-0.4, -0.2) is 75.1 Å². The first-order chi connectivity index (χ1) is 15.8. The molecule has 8 nitrogen and oxygen atoms in total. The van der Waals surface area contributed by atoms with Crippen LogP contribution in [0.2, 0.25) is 0 Å². The minimum atomic E-state index is -0.461. The number of nitrogens with zero attached hydrogens (tertiary/aromatic N) is 5. The van der Waals surface area contributed by atoms with Crippen LogP contribution in [-0.2, 0) is 4.74 Å². The second kappa shape index (κ2) is 10.1. The van der Waals surface area contributed by atoms with Gasteiger partial charge >= 0.3 is 6.09 Å². The first kappa shape index (κ1) is 23.5. The number of piperazine rings is 1. The van der Waals surface area contributed by atoms with Crippen LogP contribution in [0.25, 0.3) is 5.69 Å². The lowest BCUT2D eigenvalue weighted by Gasteiger charge is -2.42. The fraction of sp³-hybridized carbons (Fsp3) is 0.625. The molecule has 0 bridgehead atoms. The number of carbonyl (C=O) groups is 1. The largest absolute Gasteiger partial charge is 0.490 e. The first-order valence-electron chi connectivity index (χ1n) is 11.8. The van der Waals surface area contributed by atoms with Crippen molar-refractivity contribution in [3.63, 3.8) is 0 Å². The van der Waals surface area contributed by atoms with Crippen molar-refractivity contribution in [2.45, 2.75) is 58.1 Å². The Morgan fingerprint density at radius 3 is 2.45 bits per heavy atom. The van der Waals surface area contributed by atoms with Crippen molar-refractivity contribution in [1.29, 1.82) is 0 Å². The van der Waals surface area contributed by atoms with Gasteiger partial charge in [0.05, 0.1) is 12.3 Å². The minimum Gasteiger partial charge on any atom is -0.490 e. The molecule has 33 heavy (non-hydrogen) atoms. The van der Waals surface area contributed by atoms with Gasteiger partial charge < -0.3 is 14.4 Å². The second-order valence-electron chi connectivity index (χ2n) is 9.94. The summed E-state index contributed by atoms with van der Waals surface area (Å²) in [5, 5.41) is 4.02. The Hall–Kier alpha value is -2.68. The maximum absolute atomic E-state index is 14.5. The maximum atomic E-state index is 14.5. The zero-order valence-corrected chi connectivity index (χ0v) is 19.7. The van der Waals surface area contributed by atoms with Gasteiger partial charge in [-0.05, 0) is 64.5 Å². The van der Waals surface area contributed by atoms with Gasteiger partial charge in [0.25, 0.3) is 0 Å². The van der Waals surface area contributed by atoms with Gasteiger partial charge in [-0.25, -0.2) is 18.9 Å². The molecule has 0 radical (unpaired) electrons. The third-order valence-electron chi connectivity index (χ3n) is 6.37. The molecule has 2 heterocycles. The Labute approximate surface area is 194 Å². The number of ether oxygens (including phenoxy) is 2. The molecule has 1 aliphatic carbocycles. The van der Waals surface area contributed by atoms with Crippen LogP contribution in [0, 0.1) is 11.7 Å². The van der Waals surface area contributed by atoms with Crippen molar-refractivity contribution < 1.29 is 18.7 Å². The molecule has 0 atom stereocenters. The molecule has 1 saturated heterocycles. The van der Waals surface area contributed by atoms with Gasteiger partial charge in [0.15, 0.2) is 11.6 Å². The van der Waals surface area contributed by atoms with Gasteiger partial charge in [-0.3, -0.25) is 4.90 Å². The third kappa shape index (κ3) is 6.22. The van der Waals surface area contributed by atoms with Crippen molar-refractivity contribution in [2.24, 2.45) is 5.92 Å². The summed E-state index contributed by atoms with van der Waals surface area (Å²) >= 11 is 0. The molecule has 0 N–H and O–H groups in total. The summed E-state index contributed by atoms with van der Waals surface area (Å²) in [5.74, 6) is 0.317. The van der Waals surface area contributed by atoms with E-state index in [2.05, 4.69) is 15.0 Å². The van der Waals surface area contributed by atoms with Gasteiger partial charge in [-0.1, -0.05) is 0 Å². The van der Waals surface area contributed by atoms with E-state index in [-0.39, 0.29) is 17.7 Å². The quantitative estimate of drug-likeness (QED) is 0.675. The van der Waals surface area contributed by atoms with E-state index in [1.165, 1.54) is 23.4 Å². The van der Waals surface area contributed by atoms with Crippen molar-refractivity contribution in [1.82, 2.24) is 24.6 Å². The van der Waals surface area contributed by atoms with Crippen molar-refractivity contribution in [3.05, 3.63) is 36.7 Å². The van der Waals surface area contributed by atoms with Crippen LogP contribution in [0.3, 0.4) is 0 Å². The van der Waals surface area contributed by atoms with E-state index >= 15 is 0 Å². The van der Waals surface area contributed by atoms with Crippen LogP contribution < -0.4 is 4.74 Å². The molecule has 1 aromatic heterocycles. The van der Waals surface area contributed by atoms with Crippen LogP contribution in [0.4, 0.5) is 9.18 Å². The molecule has 0 spiro atoms. The molecule has 2 aliphatic rings. The van der Waals surface area contributed by atoms with Gasteiger partial charge in [-0.2, -0.15) is 5.10 Å². The number of hydrogen-bond donors (Lipinski definition) is 0. The third-order valence-corrected chi connectivity index (χ3v) is 6.37. The highest BCUT2D eigenvalue weighted by molar-refractivity contribution is 5.68. The average molecular weight is 460 g/mol. The predicted octanol–water partition coefficient (Wildman–Crippen LogP) is 3.90. The summed E-state index contributed by atoms with van der Waals surface area (Å²) in [6.07, 6.45) is 7.07. The van der Waals surface area contributed by atoms with Crippen LogP contribution in [0.5, 0.6) is 5.75 Å². The molecular formula is C24H34FN5O3. The Morgan fingerprint density at radius 2 is 1.85 bits per heavy atom. The van der Waals surface area contributed by atoms with E-state index < -0.39 is 5.60 Å². The highest BCUT2D eigenvalue weighted by Gasteiger charge is 2.31. The summed E-state index contributed by atoms with van der Waals surface area (Å²) < 4.78 is 27.3. The van der Waals surface area contributed by atoms with Gasteiger partial charge in [-0.15, -0.1) is 0 Å². The monoisotopic (exact) mass is 459 g/mol. The molecule has 1 saturated carbocycles. The fourth-order valence-corrected chi connectivity index (χ4v) is 4.57. The molecule has 1 amide bonds. The van der Waals surface area contributed by atoms with E-state index in [1.54, 1.807) is 12.1 Å². The number of halogens is 1. The SMILES string of the molecule is CC(C)(C)OC(=O)N1CCN(C2CCC(COc3ccc(-n4cncn4)cc3F)CC2)CC1. The van der Waals surface area contributed by atoms with E-state index in [9.17, 15) is 9.18 Å². The summed E-state index contributed by atoms with van der Waals surface area (Å²) in [6, 6.07) is 5.39. The molecule has 9 heteroatoms. The lowest BCUT2D eigenvalue weighted by Crippen LogP contribution is -2.53. The number of amides is 1. The molecule has 2 fully saturated rings.